The Kier molecular flexibility index (Phi) is 2.55. The fourth-order valence-corrected chi connectivity index (χ4v) is 1.93. The highest BCUT2D eigenvalue weighted by molar-refractivity contribution is 7.16. The number of hydrogen-bond donors (Lipinski definition) is 0. The predicted octanol–water partition coefficient (Wildman–Crippen LogP) is 2.50. The van der Waals surface area contributed by atoms with Gasteiger partial charge in [-0.05, 0) is 19.1 Å². The normalized spacial score (nSPS) is 10.3. The second kappa shape index (κ2) is 3.86. The first-order valence-electron chi connectivity index (χ1n) is 4.31. The Morgan fingerprint density at radius 1 is 1.53 bits per heavy atom. The second-order valence-corrected chi connectivity index (χ2v) is 3.96. The third-order valence-corrected chi connectivity index (χ3v) is 2.84. The third-order valence-electron chi connectivity index (χ3n) is 1.84. The molecule has 4 nitrogen and oxygen atoms in total. The molecule has 0 aromatic carbocycles. The average Bonchev–Trinajstić information content (AvgIpc) is 2.84. The van der Waals surface area contributed by atoms with Crippen LogP contribution in [-0.2, 0) is 4.74 Å². The van der Waals surface area contributed by atoms with E-state index in [1.165, 1.54) is 24.6 Å². The van der Waals surface area contributed by atoms with Gasteiger partial charge in [-0.1, -0.05) is 0 Å². The van der Waals surface area contributed by atoms with Gasteiger partial charge < -0.3 is 9.15 Å². The molecule has 0 bridgehead atoms. The molecule has 0 radical (unpaired) electrons. The maximum Gasteiger partial charge on any atom is 0.349 e. The van der Waals surface area contributed by atoms with E-state index in [4.69, 9.17) is 4.42 Å². The average molecular weight is 223 g/mol. The maximum atomic E-state index is 11.2. The Morgan fingerprint density at radius 2 is 2.33 bits per heavy atom. The number of nitrogens with zero attached hydrogens (tertiary/aromatic N) is 1. The summed E-state index contributed by atoms with van der Waals surface area (Å²) in [7, 11) is 1.35. The number of thiazole rings is 1. The molecule has 0 fully saturated rings. The molecule has 2 aromatic rings. The van der Waals surface area contributed by atoms with Crippen molar-refractivity contribution in [3.05, 3.63) is 29.0 Å². The number of aromatic nitrogens is 1. The van der Waals surface area contributed by atoms with Crippen LogP contribution in [0.25, 0.3) is 10.8 Å². The zero-order valence-electron chi connectivity index (χ0n) is 8.31. The lowest BCUT2D eigenvalue weighted by atomic mass is 10.4. The standard InChI is InChI=1S/C10H9NO3S/c1-6-3-4-7(14-6)9-11-5-8(15-9)10(12)13-2/h3-5H,1-2H3. The molecule has 78 valence electrons. The van der Waals surface area contributed by atoms with Crippen molar-refractivity contribution in [1.82, 2.24) is 4.98 Å². The van der Waals surface area contributed by atoms with Gasteiger partial charge in [0.1, 0.15) is 10.6 Å². The lowest BCUT2D eigenvalue weighted by molar-refractivity contribution is 0.0606. The van der Waals surface area contributed by atoms with Crippen LogP contribution in [0.1, 0.15) is 15.4 Å². The van der Waals surface area contributed by atoms with E-state index in [1.54, 1.807) is 0 Å². The highest BCUT2D eigenvalue weighted by Gasteiger charge is 2.13. The van der Waals surface area contributed by atoms with Crippen LogP contribution in [-0.4, -0.2) is 18.1 Å². The summed E-state index contributed by atoms with van der Waals surface area (Å²) in [6.45, 7) is 1.86. The summed E-state index contributed by atoms with van der Waals surface area (Å²) in [6.07, 6.45) is 1.49. The van der Waals surface area contributed by atoms with Crippen LogP contribution < -0.4 is 0 Å². The molecular formula is C10H9NO3S. The maximum absolute atomic E-state index is 11.2. The van der Waals surface area contributed by atoms with Crippen molar-refractivity contribution < 1.29 is 13.9 Å². The van der Waals surface area contributed by atoms with E-state index in [-0.39, 0.29) is 5.97 Å². The monoisotopic (exact) mass is 223 g/mol. The molecule has 0 atom stereocenters. The van der Waals surface area contributed by atoms with Crippen LogP contribution in [0.15, 0.2) is 22.7 Å². The van der Waals surface area contributed by atoms with Crippen LogP contribution >= 0.6 is 11.3 Å². The van der Waals surface area contributed by atoms with E-state index in [0.29, 0.717) is 15.6 Å². The van der Waals surface area contributed by atoms with Crippen molar-refractivity contribution in [3.8, 4) is 10.8 Å². The van der Waals surface area contributed by atoms with Crippen molar-refractivity contribution in [1.29, 1.82) is 0 Å². The number of methoxy groups -OCH3 is 1. The van der Waals surface area contributed by atoms with Crippen LogP contribution in [0.4, 0.5) is 0 Å². The Morgan fingerprint density at radius 3 is 2.93 bits per heavy atom. The fourth-order valence-electron chi connectivity index (χ4n) is 1.13. The molecule has 0 spiro atoms. The minimum absolute atomic E-state index is 0.373. The van der Waals surface area contributed by atoms with Crippen LogP contribution in [0, 0.1) is 6.92 Å². The van der Waals surface area contributed by atoms with Gasteiger partial charge in [-0.3, -0.25) is 0 Å². The summed E-state index contributed by atoms with van der Waals surface area (Å²) in [5.74, 6) is 1.12. The zero-order chi connectivity index (χ0) is 10.8. The molecule has 0 unspecified atom stereocenters. The summed E-state index contributed by atoms with van der Waals surface area (Å²) < 4.78 is 9.98. The van der Waals surface area contributed by atoms with Gasteiger partial charge in [0.15, 0.2) is 10.8 Å². The molecule has 15 heavy (non-hydrogen) atoms. The molecule has 2 heterocycles. The minimum atomic E-state index is -0.373. The molecule has 2 rings (SSSR count). The number of hydrogen-bond acceptors (Lipinski definition) is 5. The Labute approximate surface area is 90.5 Å². The van der Waals surface area contributed by atoms with Crippen molar-refractivity contribution in [2.75, 3.05) is 7.11 Å². The molecule has 0 saturated heterocycles. The molecule has 5 heteroatoms. The van der Waals surface area contributed by atoms with Gasteiger partial charge in [0.25, 0.3) is 0 Å². The SMILES string of the molecule is COC(=O)c1cnc(-c2ccc(C)o2)s1. The van der Waals surface area contributed by atoms with Crippen LogP contribution in [0.3, 0.4) is 0 Å². The largest absolute Gasteiger partial charge is 0.465 e. The summed E-state index contributed by atoms with van der Waals surface area (Å²) in [6, 6.07) is 3.68. The van der Waals surface area contributed by atoms with Crippen LogP contribution in [0.5, 0.6) is 0 Å². The minimum Gasteiger partial charge on any atom is -0.465 e. The summed E-state index contributed by atoms with van der Waals surface area (Å²) >= 11 is 1.25. The van der Waals surface area contributed by atoms with E-state index < -0.39 is 0 Å². The molecule has 0 aliphatic carbocycles. The molecule has 0 N–H and O–H groups in total. The molecule has 0 aliphatic rings. The Bertz CT molecular complexity index is 486. The number of rotatable bonds is 2. The van der Waals surface area contributed by atoms with Crippen LogP contribution in [0.2, 0.25) is 0 Å². The van der Waals surface area contributed by atoms with Gasteiger partial charge in [-0.2, -0.15) is 0 Å². The lowest BCUT2D eigenvalue weighted by Gasteiger charge is -1.90. The predicted molar refractivity (Wildman–Crippen MR) is 55.9 cm³/mol. The Hall–Kier alpha value is -1.62. The molecule has 2 aromatic heterocycles. The molecule has 0 saturated carbocycles. The smallest absolute Gasteiger partial charge is 0.349 e. The first kappa shape index (κ1) is 9.92. The summed E-state index contributed by atoms with van der Waals surface area (Å²) in [4.78, 5) is 15.7. The summed E-state index contributed by atoms with van der Waals surface area (Å²) in [5, 5.41) is 0.684. The van der Waals surface area contributed by atoms with Gasteiger partial charge in [-0.25, -0.2) is 9.78 Å². The van der Waals surface area contributed by atoms with E-state index in [0.717, 1.165) is 5.76 Å². The van der Waals surface area contributed by atoms with Gasteiger partial charge in [0, 0.05) is 0 Å². The van der Waals surface area contributed by atoms with E-state index in [2.05, 4.69) is 9.72 Å². The highest BCUT2D eigenvalue weighted by Crippen LogP contribution is 2.26. The zero-order valence-corrected chi connectivity index (χ0v) is 9.13. The molecular weight excluding hydrogens is 214 g/mol. The lowest BCUT2D eigenvalue weighted by Crippen LogP contribution is -1.96. The topological polar surface area (TPSA) is 52.3 Å². The van der Waals surface area contributed by atoms with E-state index in [9.17, 15) is 4.79 Å². The number of carbonyl (C=O) groups is 1. The van der Waals surface area contributed by atoms with Gasteiger partial charge in [0.2, 0.25) is 0 Å². The quantitative estimate of drug-likeness (QED) is 0.734. The van der Waals surface area contributed by atoms with Gasteiger partial charge in [-0.15, -0.1) is 11.3 Å². The van der Waals surface area contributed by atoms with Crippen molar-refractivity contribution in [2.45, 2.75) is 6.92 Å². The van der Waals surface area contributed by atoms with Gasteiger partial charge >= 0.3 is 5.97 Å². The third kappa shape index (κ3) is 1.92. The number of aryl methyl sites for hydroxylation is 1. The second-order valence-electron chi connectivity index (χ2n) is 2.93. The summed E-state index contributed by atoms with van der Waals surface area (Å²) in [5.41, 5.74) is 0. The molecule has 0 amide bonds. The first-order valence-corrected chi connectivity index (χ1v) is 5.13. The first-order chi connectivity index (χ1) is 7.20. The van der Waals surface area contributed by atoms with E-state index in [1.807, 2.05) is 19.1 Å². The van der Waals surface area contributed by atoms with Crippen molar-refractivity contribution in [3.63, 3.8) is 0 Å². The highest BCUT2D eigenvalue weighted by atomic mass is 32.1. The number of carbonyl (C=O) groups excluding carboxylic acids is 1. The fraction of sp³-hybridized carbons (Fsp3) is 0.200. The number of furan rings is 1. The van der Waals surface area contributed by atoms with Crippen molar-refractivity contribution in [2.24, 2.45) is 0 Å². The number of ether oxygens (including phenoxy) is 1. The van der Waals surface area contributed by atoms with E-state index >= 15 is 0 Å². The number of esters is 1. The Balaban J connectivity index is 2.31. The molecule has 0 aliphatic heterocycles. The van der Waals surface area contributed by atoms with Crippen molar-refractivity contribution >= 4 is 17.3 Å². The van der Waals surface area contributed by atoms with Gasteiger partial charge in [0.05, 0.1) is 13.3 Å².